The summed E-state index contributed by atoms with van der Waals surface area (Å²) in [6.45, 7) is 2.00. The average molecular weight is 170 g/mol. The lowest BCUT2D eigenvalue weighted by Gasteiger charge is -2.00. The van der Waals surface area contributed by atoms with E-state index in [0.29, 0.717) is 5.88 Å². The highest BCUT2D eigenvalue weighted by Crippen LogP contribution is 1.91. The van der Waals surface area contributed by atoms with Crippen molar-refractivity contribution in [3.8, 4) is 0 Å². The first-order valence-corrected chi connectivity index (χ1v) is 4.09. The Bertz CT molecular complexity index is 295. The lowest BCUT2D eigenvalue weighted by molar-refractivity contribution is 0.671. The Balaban J connectivity index is 3.13. The average Bonchev–Trinajstić information content (AvgIpc) is 2.05. The van der Waals surface area contributed by atoms with E-state index in [4.69, 9.17) is 0 Å². The number of hydrogen-bond acceptors (Lipinski definition) is 3. The second-order valence-corrected chi connectivity index (χ2v) is 2.44. The standard InChI is InChI=1S/C7H10N2OS/c1-2-6-3-4-7(10)9(5-11)8-6/h3-4,11H,2,5H2,1H3. The highest BCUT2D eigenvalue weighted by atomic mass is 32.1. The van der Waals surface area contributed by atoms with Crippen molar-refractivity contribution in [2.45, 2.75) is 19.2 Å². The molecule has 11 heavy (non-hydrogen) atoms. The van der Waals surface area contributed by atoms with Gasteiger partial charge in [-0.3, -0.25) is 4.79 Å². The van der Waals surface area contributed by atoms with Gasteiger partial charge in [-0.15, -0.1) is 0 Å². The van der Waals surface area contributed by atoms with Gasteiger partial charge >= 0.3 is 0 Å². The van der Waals surface area contributed by atoms with Gasteiger partial charge in [0, 0.05) is 6.07 Å². The van der Waals surface area contributed by atoms with Gasteiger partial charge in [0.2, 0.25) is 0 Å². The molecule has 0 aliphatic rings. The fourth-order valence-corrected chi connectivity index (χ4v) is 0.984. The molecule has 0 saturated heterocycles. The van der Waals surface area contributed by atoms with Crippen LogP contribution in [0.4, 0.5) is 0 Å². The Hall–Kier alpha value is -0.770. The normalized spacial score (nSPS) is 10.0. The zero-order valence-electron chi connectivity index (χ0n) is 6.32. The van der Waals surface area contributed by atoms with Crippen LogP contribution in [-0.2, 0) is 12.3 Å². The summed E-state index contributed by atoms with van der Waals surface area (Å²) in [5, 5.41) is 4.04. The molecule has 0 amide bonds. The van der Waals surface area contributed by atoms with Crippen molar-refractivity contribution in [3.63, 3.8) is 0 Å². The van der Waals surface area contributed by atoms with E-state index in [1.807, 2.05) is 6.92 Å². The van der Waals surface area contributed by atoms with Crippen molar-refractivity contribution in [1.82, 2.24) is 9.78 Å². The Morgan fingerprint density at radius 2 is 2.36 bits per heavy atom. The maximum absolute atomic E-state index is 11.0. The summed E-state index contributed by atoms with van der Waals surface area (Å²) in [6.07, 6.45) is 0.841. The van der Waals surface area contributed by atoms with Gasteiger partial charge in [0.15, 0.2) is 0 Å². The fourth-order valence-electron chi connectivity index (χ4n) is 0.781. The first kappa shape index (κ1) is 8.33. The second-order valence-electron chi connectivity index (χ2n) is 2.16. The van der Waals surface area contributed by atoms with Gasteiger partial charge in [0.1, 0.15) is 0 Å². The number of aryl methyl sites for hydroxylation is 1. The topological polar surface area (TPSA) is 34.9 Å². The molecule has 0 bridgehead atoms. The molecule has 0 fully saturated rings. The fraction of sp³-hybridized carbons (Fsp3) is 0.429. The molecule has 0 atom stereocenters. The van der Waals surface area contributed by atoms with Crippen molar-refractivity contribution >= 4 is 12.6 Å². The largest absolute Gasteiger partial charge is 0.268 e. The van der Waals surface area contributed by atoms with Gasteiger partial charge in [-0.1, -0.05) is 6.92 Å². The third kappa shape index (κ3) is 1.83. The summed E-state index contributed by atoms with van der Waals surface area (Å²) in [7, 11) is 0. The maximum atomic E-state index is 11.0. The molecule has 1 aromatic heterocycles. The minimum atomic E-state index is -0.0998. The highest BCUT2D eigenvalue weighted by Gasteiger charge is 1.95. The van der Waals surface area contributed by atoms with Gasteiger partial charge in [0.25, 0.3) is 5.56 Å². The second kappa shape index (κ2) is 3.57. The SMILES string of the molecule is CCc1ccc(=O)n(CS)n1. The number of rotatable bonds is 2. The monoisotopic (exact) mass is 170 g/mol. The molecule has 0 N–H and O–H groups in total. The minimum absolute atomic E-state index is 0.0998. The lowest BCUT2D eigenvalue weighted by Crippen LogP contribution is -2.20. The van der Waals surface area contributed by atoms with Crippen LogP contribution in [0.25, 0.3) is 0 Å². The molecular weight excluding hydrogens is 160 g/mol. The van der Waals surface area contributed by atoms with Crippen LogP contribution in [0.2, 0.25) is 0 Å². The van der Waals surface area contributed by atoms with Crippen molar-refractivity contribution in [1.29, 1.82) is 0 Å². The zero-order valence-corrected chi connectivity index (χ0v) is 7.21. The van der Waals surface area contributed by atoms with Crippen LogP contribution >= 0.6 is 12.6 Å². The predicted molar refractivity (Wildman–Crippen MR) is 46.9 cm³/mol. The predicted octanol–water partition coefficient (Wildman–Crippen LogP) is 0.693. The Morgan fingerprint density at radius 1 is 1.64 bits per heavy atom. The summed E-state index contributed by atoms with van der Waals surface area (Å²) in [5.41, 5.74) is 0.816. The van der Waals surface area contributed by atoms with Gasteiger partial charge in [-0.25, -0.2) is 4.68 Å². The molecule has 0 unspecified atom stereocenters. The van der Waals surface area contributed by atoms with Crippen molar-refractivity contribution in [3.05, 3.63) is 28.2 Å². The smallest absolute Gasteiger partial charge is 0.267 e. The number of hydrogen-bond donors (Lipinski definition) is 1. The first-order valence-electron chi connectivity index (χ1n) is 3.46. The van der Waals surface area contributed by atoms with Crippen molar-refractivity contribution in [2.24, 2.45) is 0 Å². The molecule has 3 nitrogen and oxygen atoms in total. The van der Waals surface area contributed by atoms with E-state index in [1.54, 1.807) is 6.07 Å². The van der Waals surface area contributed by atoms with Crippen LogP contribution in [0.15, 0.2) is 16.9 Å². The van der Waals surface area contributed by atoms with Gasteiger partial charge in [-0.2, -0.15) is 17.7 Å². The van der Waals surface area contributed by atoms with Crippen molar-refractivity contribution < 1.29 is 0 Å². The molecule has 0 aliphatic heterocycles. The van der Waals surface area contributed by atoms with Crippen LogP contribution < -0.4 is 5.56 Å². The van der Waals surface area contributed by atoms with E-state index in [2.05, 4.69) is 17.7 Å². The van der Waals surface area contributed by atoms with E-state index in [0.717, 1.165) is 12.1 Å². The Kier molecular flexibility index (Phi) is 2.70. The highest BCUT2D eigenvalue weighted by molar-refractivity contribution is 7.79. The Morgan fingerprint density at radius 3 is 2.91 bits per heavy atom. The molecule has 0 spiro atoms. The van der Waals surface area contributed by atoms with Crippen LogP contribution in [0, 0.1) is 0 Å². The third-order valence-corrected chi connectivity index (χ3v) is 1.69. The molecule has 4 heteroatoms. The van der Waals surface area contributed by atoms with Crippen molar-refractivity contribution in [2.75, 3.05) is 0 Å². The van der Waals surface area contributed by atoms with E-state index in [1.165, 1.54) is 10.7 Å². The molecule has 0 aromatic carbocycles. The lowest BCUT2D eigenvalue weighted by atomic mass is 10.3. The number of thiol groups is 1. The molecule has 0 radical (unpaired) electrons. The number of nitrogens with zero attached hydrogens (tertiary/aromatic N) is 2. The molecule has 0 saturated carbocycles. The summed E-state index contributed by atoms with van der Waals surface area (Å²) in [6, 6.07) is 3.25. The molecular formula is C7H10N2OS. The quantitative estimate of drug-likeness (QED) is 0.663. The van der Waals surface area contributed by atoms with Crippen LogP contribution in [0.3, 0.4) is 0 Å². The van der Waals surface area contributed by atoms with Gasteiger partial charge < -0.3 is 0 Å². The summed E-state index contributed by atoms with van der Waals surface area (Å²) >= 11 is 3.97. The maximum Gasteiger partial charge on any atom is 0.267 e. The number of aromatic nitrogens is 2. The molecule has 0 aliphatic carbocycles. The zero-order chi connectivity index (χ0) is 8.27. The van der Waals surface area contributed by atoms with E-state index in [9.17, 15) is 4.79 Å². The third-order valence-electron chi connectivity index (χ3n) is 1.42. The summed E-state index contributed by atoms with van der Waals surface area (Å²) < 4.78 is 1.34. The Labute approximate surface area is 70.5 Å². The molecule has 1 rings (SSSR count). The first-order chi connectivity index (χ1) is 5.27. The molecule has 1 heterocycles. The van der Waals surface area contributed by atoms with Crippen LogP contribution in [-0.4, -0.2) is 9.78 Å². The summed E-state index contributed by atoms with van der Waals surface area (Å²) in [5.74, 6) is 0.340. The van der Waals surface area contributed by atoms with E-state index < -0.39 is 0 Å². The summed E-state index contributed by atoms with van der Waals surface area (Å²) in [4.78, 5) is 11.0. The van der Waals surface area contributed by atoms with E-state index in [-0.39, 0.29) is 5.56 Å². The van der Waals surface area contributed by atoms with Crippen LogP contribution in [0.5, 0.6) is 0 Å². The van der Waals surface area contributed by atoms with Gasteiger partial charge in [0.05, 0.1) is 11.6 Å². The molecule has 1 aromatic rings. The van der Waals surface area contributed by atoms with Crippen LogP contribution in [0.1, 0.15) is 12.6 Å². The molecule has 60 valence electrons. The van der Waals surface area contributed by atoms with Gasteiger partial charge in [-0.05, 0) is 12.5 Å². The minimum Gasteiger partial charge on any atom is -0.268 e. The van der Waals surface area contributed by atoms with E-state index >= 15 is 0 Å².